The van der Waals surface area contributed by atoms with Crippen LogP contribution in [0.5, 0.6) is 0 Å². The van der Waals surface area contributed by atoms with Crippen LogP contribution in [0.25, 0.3) is 0 Å². The molecule has 0 atom stereocenters. The lowest BCUT2D eigenvalue weighted by molar-refractivity contribution is 0.105. The molecule has 0 unspecified atom stereocenters. The molecule has 0 aromatic heterocycles. The minimum atomic E-state index is -2.70. The molecule has 4 aromatic rings. The summed E-state index contributed by atoms with van der Waals surface area (Å²) in [5, 5.41) is -0.297. The Kier molecular flexibility index (Phi) is 5.41. The average molecular weight is 397 g/mol. The van der Waals surface area contributed by atoms with Crippen LogP contribution >= 0.6 is 10.0 Å². The Bertz CT molecular complexity index is 1020. The Morgan fingerprint density at radius 2 is 0.690 bits per heavy atom. The Balaban J connectivity index is 2.06. The van der Waals surface area contributed by atoms with Crippen molar-refractivity contribution in [2.45, 2.75) is 9.79 Å². The minimum Gasteiger partial charge on any atom is -0.282 e. The summed E-state index contributed by atoms with van der Waals surface area (Å²) in [6.07, 6.45) is 0. The van der Waals surface area contributed by atoms with Crippen LogP contribution in [-0.4, -0.2) is 10.2 Å². The van der Waals surface area contributed by atoms with Gasteiger partial charge in [-0.3, -0.25) is 9.59 Å². The van der Waals surface area contributed by atoms with Gasteiger partial charge in [-0.15, -0.1) is 0 Å². The largest absolute Gasteiger partial charge is 0.282 e. The van der Waals surface area contributed by atoms with Gasteiger partial charge >= 0.3 is 0 Å². The average Bonchev–Trinajstić information content (AvgIpc) is 2.82. The fourth-order valence-corrected chi connectivity index (χ4v) is 6.81. The van der Waals surface area contributed by atoms with Crippen LogP contribution in [0.3, 0.4) is 0 Å². The van der Waals surface area contributed by atoms with E-state index in [9.17, 15) is 9.59 Å². The van der Waals surface area contributed by atoms with Crippen LogP contribution in [-0.2, 0) is 0 Å². The molecule has 0 amide bonds. The van der Waals surface area contributed by atoms with Gasteiger partial charge in [0.1, 0.15) is 0 Å². The van der Waals surface area contributed by atoms with Crippen molar-refractivity contribution in [3.63, 3.8) is 0 Å². The summed E-state index contributed by atoms with van der Waals surface area (Å²) in [6.45, 7) is 0. The van der Waals surface area contributed by atoms with E-state index in [1.165, 1.54) is 0 Å². The molecule has 0 aliphatic heterocycles. The van der Waals surface area contributed by atoms with Crippen LogP contribution in [0, 0.1) is 0 Å². The molecule has 0 heterocycles. The molecule has 29 heavy (non-hydrogen) atoms. The Hall–Kier alpha value is -3.43. The third-order valence-corrected chi connectivity index (χ3v) is 8.31. The van der Waals surface area contributed by atoms with E-state index in [-0.39, 0.29) is 10.2 Å². The van der Waals surface area contributed by atoms with E-state index < -0.39 is 10.0 Å². The zero-order valence-corrected chi connectivity index (χ0v) is 16.6. The van der Waals surface area contributed by atoms with Gasteiger partial charge in [0, 0.05) is 20.9 Å². The molecule has 0 radical (unpaired) electrons. The Morgan fingerprint density at radius 3 is 1.00 bits per heavy atom. The molecule has 0 N–H and O–H groups in total. The van der Waals surface area contributed by atoms with Gasteiger partial charge in [0.15, 0.2) is 0 Å². The first kappa shape index (κ1) is 18.9. The standard InChI is InChI=1S/C26H20O2S/c27-25(21-13-5-1-6-14-21)29(23-17-9-3-10-18-23,24-19-11-4-12-20-24)26(28)22-15-7-2-8-16-22/h1-20H. The summed E-state index contributed by atoms with van der Waals surface area (Å²) in [4.78, 5) is 29.7. The van der Waals surface area contributed by atoms with Crippen LogP contribution < -0.4 is 0 Å². The van der Waals surface area contributed by atoms with Crippen molar-refractivity contribution >= 4 is 20.3 Å². The maximum absolute atomic E-state index is 14.1. The van der Waals surface area contributed by atoms with Crippen LogP contribution in [0.15, 0.2) is 131 Å². The maximum Gasteiger partial charge on any atom is 0.217 e. The molecular formula is C26H20O2S. The first-order chi connectivity index (χ1) is 14.2. The van der Waals surface area contributed by atoms with Gasteiger partial charge in [-0.25, -0.2) is 0 Å². The van der Waals surface area contributed by atoms with Crippen molar-refractivity contribution in [1.82, 2.24) is 0 Å². The molecule has 4 aromatic carbocycles. The van der Waals surface area contributed by atoms with Gasteiger partial charge in [-0.2, -0.15) is 0 Å². The molecule has 0 aliphatic carbocycles. The number of hydrogen-bond donors (Lipinski definition) is 0. The highest BCUT2D eigenvalue weighted by Crippen LogP contribution is 2.66. The Morgan fingerprint density at radius 1 is 0.414 bits per heavy atom. The van der Waals surface area contributed by atoms with Crippen molar-refractivity contribution in [3.8, 4) is 0 Å². The van der Waals surface area contributed by atoms with E-state index in [1.807, 2.05) is 97.1 Å². The molecule has 0 spiro atoms. The maximum atomic E-state index is 14.1. The van der Waals surface area contributed by atoms with Crippen molar-refractivity contribution in [2.24, 2.45) is 0 Å². The SMILES string of the molecule is O=C(c1ccccc1)S(C(=O)c1ccccc1)(c1ccccc1)c1ccccc1. The molecule has 0 fully saturated rings. The van der Waals surface area contributed by atoms with E-state index in [2.05, 4.69) is 0 Å². The summed E-state index contributed by atoms with van der Waals surface area (Å²) in [6, 6.07) is 37.1. The lowest BCUT2D eigenvalue weighted by atomic mass is 10.2. The lowest BCUT2D eigenvalue weighted by Crippen LogP contribution is -2.23. The lowest BCUT2D eigenvalue weighted by Gasteiger charge is -2.37. The fourth-order valence-electron chi connectivity index (χ4n) is 3.40. The van der Waals surface area contributed by atoms with Crippen molar-refractivity contribution in [1.29, 1.82) is 0 Å². The zero-order valence-electron chi connectivity index (χ0n) is 15.8. The van der Waals surface area contributed by atoms with E-state index in [1.54, 1.807) is 24.3 Å². The van der Waals surface area contributed by atoms with Crippen LogP contribution in [0.2, 0.25) is 0 Å². The predicted octanol–water partition coefficient (Wildman–Crippen LogP) is 6.59. The van der Waals surface area contributed by atoms with Crippen molar-refractivity contribution < 1.29 is 9.59 Å². The third-order valence-electron chi connectivity index (χ3n) is 4.77. The Labute approximate surface area is 172 Å². The van der Waals surface area contributed by atoms with Gasteiger partial charge in [0.25, 0.3) is 0 Å². The second kappa shape index (κ2) is 8.29. The smallest absolute Gasteiger partial charge is 0.217 e. The second-order valence-corrected chi connectivity index (χ2v) is 9.45. The molecule has 0 bridgehead atoms. The number of carbonyl (C=O) groups excluding carboxylic acids is 2. The van der Waals surface area contributed by atoms with Crippen LogP contribution in [0.1, 0.15) is 20.7 Å². The highest BCUT2D eigenvalue weighted by molar-refractivity contribution is 8.56. The van der Waals surface area contributed by atoms with Crippen molar-refractivity contribution in [2.75, 3.05) is 0 Å². The number of carbonyl (C=O) groups is 2. The summed E-state index contributed by atoms with van der Waals surface area (Å²) in [5.74, 6) is 0. The molecule has 0 saturated carbocycles. The number of rotatable bonds is 4. The van der Waals surface area contributed by atoms with E-state index >= 15 is 0 Å². The molecule has 0 saturated heterocycles. The molecule has 2 nitrogen and oxygen atoms in total. The number of hydrogen-bond acceptors (Lipinski definition) is 2. The van der Waals surface area contributed by atoms with Gasteiger partial charge in [-0.1, -0.05) is 107 Å². The predicted molar refractivity (Wildman–Crippen MR) is 119 cm³/mol. The second-order valence-electron chi connectivity index (χ2n) is 6.55. The highest BCUT2D eigenvalue weighted by Gasteiger charge is 2.44. The third kappa shape index (κ3) is 3.41. The van der Waals surface area contributed by atoms with Crippen LogP contribution in [0.4, 0.5) is 0 Å². The summed E-state index contributed by atoms with van der Waals surface area (Å²) in [5.41, 5.74) is 1.08. The quantitative estimate of drug-likeness (QED) is 0.390. The van der Waals surface area contributed by atoms with Gasteiger partial charge < -0.3 is 0 Å². The highest BCUT2D eigenvalue weighted by atomic mass is 32.3. The molecule has 142 valence electrons. The van der Waals surface area contributed by atoms with Gasteiger partial charge in [0.05, 0.1) is 0 Å². The number of benzene rings is 4. The molecular weight excluding hydrogens is 376 g/mol. The normalized spacial score (nSPS) is 11.6. The first-order valence-electron chi connectivity index (χ1n) is 9.37. The monoisotopic (exact) mass is 396 g/mol. The molecule has 3 heteroatoms. The van der Waals surface area contributed by atoms with Gasteiger partial charge in [-0.05, 0) is 24.3 Å². The topological polar surface area (TPSA) is 34.1 Å². The summed E-state index contributed by atoms with van der Waals surface area (Å²) < 4.78 is 0. The van der Waals surface area contributed by atoms with E-state index in [0.717, 1.165) is 9.79 Å². The van der Waals surface area contributed by atoms with Crippen molar-refractivity contribution in [3.05, 3.63) is 132 Å². The molecule has 4 rings (SSSR count). The zero-order chi connectivity index (χ0) is 20.1. The van der Waals surface area contributed by atoms with E-state index in [4.69, 9.17) is 0 Å². The van der Waals surface area contributed by atoms with Gasteiger partial charge in [0.2, 0.25) is 10.2 Å². The molecule has 0 aliphatic rings. The summed E-state index contributed by atoms with van der Waals surface area (Å²) >= 11 is 0. The fraction of sp³-hybridized carbons (Fsp3) is 0. The van der Waals surface area contributed by atoms with E-state index in [0.29, 0.717) is 11.1 Å². The first-order valence-corrected chi connectivity index (χ1v) is 11.0. The summed E-state index contributed by atoms with van der Waals surface area (Å²) in [7, 11) is -2.70. The minimum absolute atomic E-state index is 0.149.